The fraction of sp³-hybridized carbons (Fsp3) is 0.375. The Kier molecular flexibility index (Phi) is 3.67. The van der Waals surface area contributed by atoms with Crippen LogP contribution in [0.15, 0.2) is 6.07 Å². The van der Waals surface area contributed by atoms with Gasteiger partial charge in [-0.1, -0.05) is 0 Å². The van der Waals surface area contributed by atoms with Crippen molar-refractivity contribution in [1.29, 1.82) is 0 Å². The summed E-state index contributed by atoms with van der Waals surface area (Å²) < 4.78 is 64.3. The normalized spacial score (nSPS) is 11.7. The Balaban J connectivity index is 3.36. The molecule has 0 radical (unpaired) electrons. The molecule has 0 N–H and O–H groups in total. The monoisotopic (exact) mass is 272 g/mol. The lowest BCUT2D eigenvalue weighted by Gasteiger charge is -2.10. The summed E-state index contributed by atoms with van der Waals surface area (Å²) in [5, 5.41) is 10.4. The van der Waals surface area contributed by atoms with Gasteiger partial charge in [-0.05, 0) is 11.8 Å². The molecule has 0 bridgehead atoms. The average Bonchev–Trinajstić information content (AvgIpc) is 2.18. The molecule has 1 rings (SSSR count). The summed E-state index contributed by atoms with van der Waals surface area (Å²) in [7, 11) is 0. The number of nitro groups is 1. The maximum atomic E-state index is 12.5. The summed E-state index contributed by atoms with van der Waals surface area (Å²) in [6.45, 7) is 0.902. The van der Waals surface area contributed by atoms with E-state index in [-0.39, 0.29) is 0 Å². The fourth-order valence-electron chi connectivity index (χ4n) is 1.12. The van der Waals surface area contributed by atoms with Crippen LogP contribution in [0.25, 0.3) is 0 Å². The Bertz CT molecular complexity index is 475. The molecule has 0 spiro atoms. The lowest BCUT2D eigenvalue weighted by Crippen LogP contribution is -2.19. The molecule has 0 saturated heterocycles. The largest absolute Gasteiger partial charge is 0.575 e. The van der Waals surface area contributed by atoms with Crippen molar-refractivity contribution in [2.75, 3.05) is 0 Å². The lowest BCUT2D eigenvalue weighted by atomic mass is 10.1. The van der Waals surface area contributed by atoms with E-state index in [1.807, 2.05) is 0 Å². The zero-order valence-corrected chi connectivity index (χ0v) is 8.66. The first-order valence-corrected chi connectivity index (χ1v) is 4.31. The van der Waals surface area contributed by atoms with E-state index in [9.17, 15) is 32.1 Å². The second-order valence-electron chi connectivity index (χ2n) is 3.11. The zero-order valence-electron chi connectivity index (χ0n) is 8.66. The molecular formula is C8H5F5N2O3. The molecule has 100 valence electrons. The van der Waals surface area contributed by atoms with Crippen LogP contribution in [0.4, 0.5) is 27.8 Å². The van der Waals surface area contributed by atoms with E-state index >= 15 is 0 Å². The standard InChI is InChI=1S/C8H5F5N2O3/c1-3-4(6(9)10)2-5(15(16)17)14-7(3)18-8(11,12)13/h2,6H,1H3. The van der Waals surface area contributed by atoms with Gasteiger partial charge in [0, 0.05) is 22.2 Å². The van der Waals surface area contributed by atoms with Gasteiger partial charge in [-0.15, -0.1) is 13.2 Å². The molecule has 0 saturated carbocycles. The number of ether oxygens (including phenoxy) is 1. The van der Waals surface area contributed by atoms with Crippen molar-refractivity contribution < 1.29 is 31.6 Å². The van der Waals surface area contributed by atoms with E-state index in [0.717, 1.165) is 6.92 Å². The Morgan fingerprint density at radius 1 is 1.44 bits per heavy atom. The Morgan fingerprint density at radius 2 is 2.00 bits per heavy atom. The van der Waals surface area contributed by atoms with Crippen molar-refractivity contribution in [1.82, 2.24) is 4.98 Å². The molecule has 0 aliphatic heterocycles. The van der Waals surface area contributed by atoms with Gasteiger partial charge in [0.15, 0.2) is 0 Å². The average molecular weight is 272 g/mol. The van der Waals surface area contributed by atoms with E-state index in [0.29, 0.717) is 6.07 Å². The van der Waals surface area contributed by atoms with Crippen LogP contribution in [-0.4, -0.2) is 16.3 Å². The molecule has 1 aromatic heterocycles. The summed E-state index contributed by atoms with van der Waals surface area (Å²) in [6.07, 6.45) is -8.35. The summed E-state index contributed by atoms with van der Waals surface area (Å²) >= 11 is 0. The van der Waals surface area contributed by atoms with E-state index in [1.54, 1.807) is 0 Å². The van der Waals surface area contributed by atoms with Crippen LogP contribution < -0.4 is 4.74 Å². The van der Waals surface area contributed by atoms with Crippen LogP contribution >= 0.6 is 0 Å². The first kappa shape index (κ1) is 14.1. The number of pyridine rings is 1. The van der Waals surface area contributed by atoms with Crippen molar-refractivity contribution in [3.8, 4) is 5.88 Å². The number of alkyl halides is 5. The van der Waals surface area contributed by atoms with Crippen molar-refractivity contribution >= 4 is 5.82 Å². The number of halogens is 5. The van der Waals surface area contributed by atoms with Gasteiger partial charge in [-0.25, -0.2) is 8.78 Å². The van der Waals surface area contributed by atoms with Crippen LogP contribution in [0.3, 0.4) is 0 Å². The van der Waals surface area contributed by atoms with Gasteiger partial charge in [0.25, 0.3) is 6.43 Å². The molecule has 0 fully saturated rings. The maximum absolute atomic E-state index is 12.5. The Hall–Kier alpha value is -2.00. The third kappa shape index (κ3) is 3.25. The number of nitrogens with zero attached hydrogens (tertiary/aromatic N) is 2. The number of aromatic nitrogens is 1. The van der Waals surface area contributed by atoms with Gasteiger partial charge >= 0.3 is 18.1 Å². The minimum Gasteiger partial charge on any atom is -0.366 e. The third-order valence-corrected chi connectivity index (χ3v) is 1.89. The van der Waals surface area contributed by atoms with Crippen molar-refractivity contribution in [2.24, 2.45) is 0 Å². The first-order valence-electron chi connectivity index (χ1n) is 4.31. The van der Waals surface area contributed by atoms with E-state index in [2.05, 4.69) is 9.72 Å². The Morgan fingerprint density at radius 3 is 2.39 bits per heavy atom. The minimum atomic E-state index is -5.17. The van der Waals surface area contributed by atoms with Gasteiger partial charge < -0.3 is 14.9 Å². The number of rotatable bonds is 3. The molecule has 0 atom stereocenters. The molecule has 0 aliphatic carbocycles. The van der Waals surface area contributed by atoms with Crippen LogP contribution in [0.2, 0.25) is 0 Å². The third-order valence-electron chi connectivity index (χ3n) is 1.89. The quantitative estimate of drug-likeness (QED) is 0.481. The van der Waals surface area contributed by atoms with Gasteiger partial charge in [-0.2, -0.15) is 0 Å². The molecule has 0 unspecified atom stereocenters. The molecule has 5 nitrogen and oxygen atoms in total. The molecule has 0 amide bonds. The van der Waals surface area contributed by atoms with Crippen molar-refractivity contribution in [3.63, 3.8) is 0 Å². The first-order chi connectivity index (χ1) is 8.11. The Labute approximate surface area is 96.3 Å². The van der Waals surface area contributed by atoms with Crippen LogP contribution in [0.1, 0.15) is 17.6 Å². The summed E-state index contributed by atoms with van der Waals surface area (Å²) in [5.41, 5.74) is -1.54. The summed E-state index contributed by atoms with van der Waals surface area (Å²) in [4.78, 5) is 12.1. The smallest absolute Gasteiger partial charge is 0.366 e. The summed E-state index contributed by atoms with van der Waals surface area (Å²) in [5.74, 6) is -2.40. The lowest BCUT2D eigenvalue weighted by molar-refractivity contribution is -0.390. The topological polar surface area (TPSA) is 65.3 Å². The van der Waals surface area contributed by atoms with E-state index in [4.69, 9.17) is 0 Å². The summed E-state index contributed by atoms with van der Waals surface area (Å²) in [6, 6.07) is 0.406. The van der Waals surface area contributed by atoms with Gasteiger partial charge in [0.1, 0.15) is 0 Å². The molecule has 0 aromatic carbocycles. The highest BCUT2D eigenvalue weighted by Gasteiger charge is 2.36. The highest BCUT2D eigenvalue weighted by molar-refractivity contribution is 5.41. The van der Waals surface area contributed by atoms with Crippen molar-refractivity contribution in [2.45, 2.75) is 19.7 Å². The van der Waals surface area contributed by atoms with Gasteiger partial charge in [0.05, 0.1) is 0 Å². The molecule has 1 aromatic rings. The van der Waals surface area contributed by atoms with Gasteiger partial charge in [0.2, 0.25) is 0 Å². The van der Waals surface area contributed by atoms with Crippen LogP contribution in [-0.2, 0) is 0 Å². The highest BCUT2D eigenvalue weighted by Crippen LogP contribution is 2.33. The highest BCUT2D eigenvalue weighted by atomic mass is 19.4. The van der Waals surface area contributed by atoms with Crippen molar-refractivity contribution in [3.05, 3.63) is 27.3 Å². The molecule has 18 heavy (non-hydrogen) atoms. The van der Waals surface area contributed by atoms with E-state index < -0.39 is 40.5 Å². The molecule has 1 heterocycles. The van der Waals surface area contributed by atoms with Crippen LogP contribution in [0.5, 0.6) is 5.88 Å². The fourth-order valence-corrected chi connectivity index (χ4v) is 1.12. The SMILES string of the molecule is Cc1c(C(F)F)cc([N+](=O)[O-])nc1OC(F)(F)F. The second-order valence-corrected chi connectivity index (χ2v) is 3.11. The zero-order chi connectivity index (χ0) is 14.1. The number of hydrogen-bond acceptors (Lipinski definition) is 4. The number of hydrogen-bond donors (Lipinski definition) is 0. The maximum Gasteiger partial charge on any atom is 0.575 e. The molecular weight excluding hydrogens is 267 g/mol. The second kappa shape index (κ2) is 4.70. The predicted molar refractivity (Wildman–Crippen MR) is 47.3 cm³/mol. The molecule has 0 aliphatic rings. The van der Waals surface area contributed by atoms with Crippen LogP contribution in [0, 0.1) is 17.0 Å². The predicted octanol–water partition coefficient (Wildman–Crippen LogP) is 3.13. The molecule has 10 heteroatoms. The van der Waals surface area contributed by atoms with E-state index in [1.165, 1.54) is 0 Å². The van der Waals surface area contributed by atoms with Gasteiger partial charge in [-0.3, -0.25) is 0 Å². The minimum absolute atomic E-state index is 0.406.